The number of carboxylic acid groups (broad SMARTS) is 1. The molecule has 0 aliphatic heterocycles. The van der Waals surface area contributed by atoms with E-state index < -0.39 is 5.97 Å². The van der Waals surface area contributed by atoms with Gasteiger partial charge in [0.1, 0.15) is 0 Å². The Balaban J connectivity index is 2.09. The first kappa shape index (κ1) is 16.7. The van der Waals surface area contributed by atoms with Crippen molar-refractivity contribution in [1.29, 1.82) is 0 Å². The van der Waals surface area contributed by atoms with E-state index in [0.717, 1.165) is 22.3 Å². The number of aliphatic carboxylic acids is 1. The third-order valence-electron chi connectivity index (χ3n) is 3.60. The van der Waals surface area contributed by atoms with Crippen molar-refractivity contribution >= 4 is 18.1 Å². The van der Waals surface area contributed by atoms with Crippen LogP contribution in [0.5, 0.6) is 0 Å². The Morgan fingerprint density at radius 3 is 1.57 bits per heavy atom. The molecule has 3 heteroatoms. The fraction of sp³-hybridized carbons (Fsp3) is 0.150. The Kier molecular flexibility index (Phi) is 5.89. The van der Waals surface area contributed by atoms with Crippen molar-refractivity contribution in [1.82, 2.24) is 4.90 Å². The molecule has 0 saturated heterocycles. The van der Waals surface area contributed by atoms with Crippen molar-refractivity contribution in [3.63, 3.8) is 0 Å². The fourth-order valence-corrected chi connectivity index (χ4v) is 2.39. The first-order valence-electron chi connectivity index (χ1n) is 7.47. The van der Waals surface area contributed by atoms with Crippen molar-refractivity contribution in [2.24, 2.45) is 0 Å². The van der Waals surface area contributed by atoms with Gasteiger partial charge in [-0.3, -0.25) is 9.69 Å². The predicted molar refractivity (Wildman–Crippen MR) is 94.8 cm³/mol. The highest BCUT2D eigenvalue weighted by molar-refractivity contribution is 5.69. The van der Waals surface area contributed by atoms with Gasteiger partial charge in [-0.15, -0.1) is 0 Å². The van der Waals surface area contributed by atoms with Crippen LogP contribution in [-0.2, 0) is 17.9 Å². The zero-order valence-corrected chi connectivity index (χ0v) is 13.1. The molecule has 0 spiro atoms. The summed E-state index contributed by atoms with van der Waals surface area (Å²) in [5.41, 5.74) is 4.27. The van der Waals surface area contributed by atoms with Gasteiger partial charge in [-0.05, 0) is 22.3 Å². The molecule has 3 nitrogen and oxygen atoms in total. The largest absolute Gasteiger partial charge is 0.480 e. The van der Waals surface area contributed by atoms with Crippen LogP contribution in [0.1, 0.15) is 22.3 Å². The van der Waals surface area contributed by atoms with Gasteiger partial charge in [0.15, 0.2) is 0 Å². The van der Waals surface area contributed by atoms with Crippen LogP contribution >= 0.6 is 0 Å². The van der Waals surface area contributed by atoms with Crippen LogP contribution < -0.4 is 0 Å². The first-order chi connectivity index (χ1) is 11.1. The van der Waals surface area contributed by atoms with Crippen LogP contribution in [0.2, 0.25) is 0 Å². The highest BCUT2D eigenvalue weighted by atomic mass is 16.4. The van der Waals surface area contributed by atoms with Crippen molar-refractivity contribution < 1.29 is 9.90 Å². The van der Waals surface area contributed by atoms with E-state index in [0.29, 0.717) is 13.1 Å². The van der Waals surface area contributed by atoms with E-state index in [9.17, 15) is 4.79 Å². The van der Waals surface area contributed by atoms with Crippen molar-refractivity contribution in [2.75, 3.05) is 6.54 Å². The van der Waals surface area contributed by atoms with Crippen molar-refractivity contribution in [3.05, 3.63) is 83.9 Å². The number of hydrogen-bond donors (Lipinski definition) is 1. The van der Waals surface area contributed by atoms with Crippen molar-refractivity contribution in [2.45, 2.75) is 13.1 Å². The SMILES string of the molecule is C=Cc1ccc(CN(CC(=O)O)Cc2ccc(C=C)cc2)cc1. The minimum atomic E-state index is -0.824. The smallest absolute Gasteiger partial charge is 0.317 e. The average molecular weight is 307 g/mol. The Morgan fingerprint density at radius 2 is 1.26 bits per heavy atom. The minimum Gasteiger partial charge on any atom is -0.480 e. The van der Waals surface area contributed by atoms with Gasteiger partial charge < -0.3 is 5.11 Å². The molecule has 2 aromatic carbocycles. The molecule has 0 aliphatic rings. The third-order valence-corrected chi connectivity index (χ3v) is 3.60. The van der Waals surface area contributed by atoms with Gasteiger partial charge in [-0.25, -0.2) is 0 Å². The Bertz CT molecular complexity index is 618. The van der Waals surface area contributed by atoms with Gasteiger partial charge in [-0.1, -0.05) is 73.8 Å². The lowest BCUT2D eigenvalue weighted by atomic mass is 10.1. The Morgan fingerprint density at radius 1 is 0.870 bits per heavy atom. The molecule has 1 N–H and O–H groups in total. The second-order valence-electron chi connectivity index (χ2n) is 5.43. The van der Waals surface area contributed by atoms with E-state index in [1.165, 1.54) is 0 Å². The van der Waals surface area contributed by atoms with Crippen LogP contribution in [0.15, 0.2) is 61.7 Å². The molecule has 0 saturated carbocycles. The fourth-order valence-electron chi connectivity index (χ4n) is 2.39. The first-order valence-corrected chi connectivity index (χ1v) is 7.47. The monoisotopic (exact) mass is 307 g/mol. The van der Waals surface area contributed by atoms with E-state index in [1.54, 1.807) is 12.2 Å². The summed E-state index contributed by atoms with van der Waals surface area (Å²) in [7, 11) is 0. The summed E-state index contributed by atoms with van der Waals surface area (Å²) < 4.78 is 0. The van der Waals surface area contributed by atoms with Crippen LogP contribution in [0.3, 0.4) is 0 Å². The molecule has 0 aliphatic carbocycles. The van der Waals surface area contributed by atoms with Crippen LogP contribution in [0, 0.1) is 0 Å². The molecular weight excluding hydrogens is 286 g/mol. The second kappa shape index (κ2) is 8.11. The molecule has 0 radical (unpaired) electrons. The van der Waals surface area contributed by atoms with Crippen LogP contribution in [-0.4, -0.2) is 22.5 Å². The number of rotatable bonds is 8. The van der Waals surface area contributed by atoms with E-state index >= 15 is 0 Å². The van der Waals surface area contributed by atoms with E-state index in [4.69, 9.17) is 5.11 Å². The predicted octanol–water partition coefficient (Wildman–Crippen LogP) is 4.06. The lowest BCUT2D eigenvalue weighted by molar-refractivity contribution is -0.138. The molecule has 2 rings (SSSR count). The molecule has 0 fully saturated rings. The number of carbonyl (C=O) groups is 1. The van der Waals surface area contributed by atoms with E-state index in [1.807, 2.05) is 53.4 Å². The number of benzene rings is 2. The lowest BCUT2D eigenvalue weighted by Gasteiger charge is -2.20. The lowest BCUT2D eigenvalue weighted by Crippen LogP contribution is -2.28. The van der Waals surface area contributed by atoms with Gasteiger partial charge in [0.2, 0.25) is 0 Å². The molecule has 118 valence electrons. The summed E-state index contributed by atoms with van der Waals surface area (Å²) >= 11 is 0. The number of nitrogens with zero attached hydrogens (tertiary/aromatic N) is 1. The van der Waals surface area contributed by atoms with Crippen LogP contribution in [0.4, 0.5) is 0 Å². The molecule has 2 aromatic rings. The molecule has 0 aromatic heterocycles. The quantitative estimate of drug-likeness (QED) is 0.799. The normalized spacial score (nSPS) is 10.5. The minimum absolute atomic E-state index is 0.00637. The molecular formula is C20H21NO2. The summed E-state index contributed by atoms with van der Waals surface area (Å²) in [6.45, 7) is 8.66. The third kappa shape index (κ3) is 5.24. The highest BCUT2D eigenvalue weighted by Gasteiger charge is 2.11. The number of carboxylic acids is 1. The molecule has 23 heavy (non-hydrogen) atoms. The molecule has 0 unspecified atom stereocenters. The van der Waals surface area contributed by atoms with Gasteiger partial charge in [0.25, 0.3) is 0 Å². The Hall–Kier alpha value is -2.65. The van der Waals surface area contributed by atoms with E-state index in [2.05, 4.69) is 13.2 Å². The van der Waals surface area contributed by atoms with Gasteiger partial charge >= 0.3 is 5.97 Å². The number of hydrogen-bond acceptors (Lipinski definition) is 2. The maximum atomic E-state index is 11.1. The Labute approximate surface area is 137 Å². The molecule has 0 heterocycles. The molecule has 0 bridgehead atoms. The van der Waals surface area contributed by atoms with Gasteiger partial charge in [0.05, 0.1) is 6.54 Å². The average Bonchev–Trinajstić information content (AvgIpc) is 2.55. The molecule has 0 atom stereocenters. The highest BCUT2D eigenvalue weighted by Crippen LogP contribution is 2.13. The van der Waals surface area contributed by atoms with Gasteiger partial charge in [0, 0.05) is 13.1 Å². The summed E-state index contributed by atoms with van der Waals surface area (Å²) in [6, 6.07) is 16.0. The maximum Gasteiger partial charge on any atom is 0.317 e. The standard InChI is InChI=1S/C20H21NO2/c1-3-16-5-9-18(10-6-16)13-21(15-20(22)23)14-19-11-7-17(4-2)8-12-19/h3-12H,1-2,13-15H2,(H,22,23). The molecule has 0 amide bonds. The van der Waals surface area contributed by atoms with Crippen LogP contribution in [0.25, 0.3) is 12.2 Å². The van der Waals surface area contributed by atoms with E-state index in [-0.39, 0.29) is 6.54 Å². The summed E-state index contributed by atoms with van der Waals surface area (Å²) in [5, 5.41) is 9.14. The second-order valence-corrected chi connectivity index (χ2v) is 5.43. The summed E-state index contributed by atoms with van der Waals surface area (Å²) in [5.74, 6) is -0.824. The van der Waals surface area contributed by atoms with Gasteiger partial charge in [-0.2, -0.15) is 0 Å². The summed E-state index contributed by atoms with van der Waals surface area (Å²) in [6.07, 6.45) is 3.58. The topological polar surface area (TPSA) is 40.5 Å². The van der Waals surface area contributed by atoms with Crippen molar-refractivity contribution in [3.8, 4) is 0 Å². The zero-order chi connectivity index (χ0) is 16.7. The zero-order valence-electron chi connectivity index (χ0n) is 13.1. The maximum absolute atomic E-state index is 11.1. The summed E-state index contributed by atoms with van der Waals surface area (Å²) in [4.78, 5) is 13.0.